The number of halogens is 1. The summed E-state index contributed by atoms with van der Waals surface area (Å²) in [4.78, 5) is 22.3. The van der Waals surface area contributed by atoms with Crippen LogP contribution in [0.5, 0.6) is 5.75 Å². The van der Waals surface area contributed by atoms with Crippen LogP contribution in [-0.2, 0) is 0 Å². The van der Waals surface area contributed by atoms with Crippen LogP contribution in [0, 0.1) is 5.82 Å². The molecule has 0 saturated carbocycles. The quantitative estimate of drug-likeness (QED) is 0.665. The second-order valence-corrected chi connectivity index (χ2v) is 3.59. The van der Waals surface area contributed by atoms with E-state index in [1.165, 1.54) is 0 Å². The van der Waals surface area contributed by atoms with E-state index in [1.54, 1.807) is 0 Å². The van der Waals surface area contributed by atoms with Gasteiger partial charge in [0.1, 0.15) is 17.3 Å². The van der Waals surface area contributed by atoms with Crippen molar-refractivity contribution in [1.29, 1.82) is 0 Å². The highest BCUT2D eigenvalue weighted by Crippen LogP contribution is 2.16. The van der Waals surface area contributed by atoms with Crippen LogP contribution >= 0.6 is 0 Å². The zero-order valence-electron chi connectivity index (χ0n) is 9.35. The predicted octanol–water partition coefficient (Wildman–Crippen LogP) is 1.20. The summed E-state index contributed by atoms with van der Waals surface area (Å²) in [6, 6.07) is 4.15. The fourth-order valence-corrected chi connectivity index (χ4v) is 1.37. The summed E-state index contributed by atoms with van der Waals surface area (Å²) < 4.78 is 13.4. The minimum absolute atomic E-state index is 0.0464. The van der Waals surface area contributed by atoms with E-state index in [2.05, 4.69) is 15.5 Å². The Balaban J connectivity index is 2.18. The van der Waals surface area contributed by atoms with Crippen molar-refractivity contribution >= 4 is 17.7 Å². The van der Waals surface area contributed by atoms with Gasteiger partial charge in [-0.2, -0.15) is 5.10 Å². The fourth-order valence-electron chi connectivity index (χ4n) is 1.37. The van der Waals surface area contributed by atoms with Crippen LogP contribution in [0.4, 0.5) is 10.2 Å². The smallest absolute Gasteiger partial charge is 0.353 e. The zero-order chi connectivity index (χ0) is 14.0. The number of H-pyrrole nitrogens is 1. The average molecular weight is 265 g/mol. The highest BCUT2D eigenvalue weighted by molar-refractivity contribution is 6.04. The lowest BCUT2D eigenvalue weighted by Gasteiger charge is -2.03. The number of amides is 1. The van der Waals surface area contributed by atoms with Crippen LogP contribution in [0.25, 0.3) is 0 Å². The van der Waals surface area contributed by atoms with Crippen molar-refractivity contribution in [3.8, 4) is 5.75 Å². The monoisotopic (exact) mass is 265 g/mol. The fraction of sp³-hybridized carbons (Fsp3) is 0. The SMILES string of the molecule is O=C(O)c1cc(NC(=O)c2ccc(O)cc2F)n[nH]1. The number of carboxylic acids is 1. The van der Waals surface area contributed by atoms with Gasteiger partial charge in [-0.3, -0.25) is 9.89 Å². The number of hydrogen-bond donors (Lipinski definition) is 4. The number of aromatic nitrogens is 2. The topological polar surface area (TPSA) is 115 Å². The van der Waals surface area contributed by atoms with Crippen LogP contribution < -0.4 is 5.32 Å². The number of phenolic OH excluding ortho intramolecular Hbond substituents is 1. The number of phenols is 1. The summed E-state index contributed by atoms with van der Waals surface area (Å²) in [5.41, 5.74) is -0.501. The second kappa shape index (κ2) is 4.77. The number of carbonyl (C=O) groups is 2. The number of benzene rings is 1. The van der Waals surface area contributed by atoms with Gasteiger partial charge in [0.25, 0.3) is 5.91 Å². The Morgan fingerprint density at radius 3 is 2.63 bits per heavy atom. The molecule has 19 heavy (non-hydrogen) atoms. The van der Waals surface area contributed by atoms with Crippen molar-refractivity contribution in [3.05, 3.63) is 41.3 Å². The first-order valence-electron chi connectivity index (χ1n) is 5.06. The van der Waals surface area contributed by atoms with Gasteiger partial charge in [0.05, 0.1) is 5.56 Å². The molecule has 0 bridgehead atoms. The van der Waals surface area contributed by atoms with Gasteiger partial charge in [-0.05, 0) is 12.1 Å². The third-order valence-electron chi connectivity index (χ3n) is 2.25. The number of nitrogens with one attached hydrogen (secondary N) is 2. The number of hydrogen-bond acceptors (Lipinski definition) is 4. The molecule has 0 spiro atoms. The van der Waals surface area contributed by atoms with E-state index in [1.807, 2.05) is 0 Å². The molecular weight excluding hydrogens is 257 g/mol. The van der Waals surface area contributed by atoms with Gasteiger partial charge in [-0.25, -0.2) is 9.18 Å². The lowest BCUT2D eigenvalue weighted by atomic mass is 10.2. The molecule has 1 aromatic heterocycles. The molecule has 7 nitrogen and oxygen atoms in total. The molecule has 1 aromatic carbocycles. The standard InChI is InChI=1S/C11H8FN3O4/c12-7-3-5(16)1-2-6(7)10(17)13-9-4-8(11(18)19)14-15-9/h1-4,16H,(H,18,19)(H2,13,14,15,17). The van der Waals surface area contributed by atoms with E-state index < -0.39 is 17.7 Å². The third kappa shape index (κ3) is 2.68. The third-order valence-corrected chi connectivity index (χ3v) is 2.25. The number of anilines is 1. The summed E-state index contributed by atoms with van der Waals surface area (Å²) in [7, 11) is 0. The van der Waals surface area contributed by atoms with E-state index >= 15 is 0 Å². The van der Waals surface area contributed by atoms with Gasteiger partial charge in [0.15, 0.2) is 5.82 Å². The van der Waals surface area contributed by atoms with E-state index in [0.29, 0.717) is 0 Å². The van der Waals surface area contributed by atoms with Crippen molar-refractivity contribution in [3.63, 3.8) is 0 Å². The summed E-state index contributed by atoms with van der Waals surface area (Å²) in [6.45, 7) is 0. The highest BCUT2D eigenvalue weighted by atomic mass is 19.1. The van der Waals surface area contributed by atoms with Crippen molar-refractivity contribution in [2.24, 2.45) is 0 Å². The second-order valence-electron chi connectivity index (χ2n) is 3.59. The molecular formula is C11H8FN3O4. The molecule has 4 N–H and O–H groups in total. The molecule has 2 aromatic rings. The molecule has 0 radical (unpaired) electrons. The number of rotatable bonds is 3. The summed E-state index contributed by atoms with van der Waals surface area (Å²) in [6.07, 6.45) is 0. The number of carbonyl (C=O) groups excluding carboxylic acids is 1. The highest BCUT2D eigenvalue weighted by Gasteiger charge is 2.15. The van der Waals surface area contributed by atoms with Crippen LogP contribution in [0.2, 0.25) is 0 Å². The molecule has 0 saturated heterocycles. The average Bonchev–Trinajstić information content (AvgIpc) is 2.77. The van der Waals surface area contributed by atoms with E-state index in [0.717, 1.165) is 24.3 Å². The van der Waals surface area contributed by atoms with Gasteiger partial charge < -0.3 is 15.5 Å². The van der Waals surface area contributed by atoms with Gasteiger partial charge >= 0.3 is 5.97 Å². The Labute approximate surface area is 105 Å². The largest absolute Gasteiger partial charge is 0.508 e. The van der Waals surface area contributed by atoms with Crippen molar-refractivity contribution in [2.75, 3.05) is 5.32 Å². The summed E-state index contributed by atoms with van der Waals surface area (Å²) >= 11 is 0. The molecule has 0 aliphatic heterocycles. The Morgan fingerprint density at radius 2 is 2.05 bits per heavy atom. The molecule has 1 amide bonds. The minimum Gasteiger partial charge on any atom is -0.508 e. The molecule has 98 valence electrons. The van der Waals surface area contributed by atoms with Gasteiger partial charge in [-0.1, -0.05) is 0 Å². The number of aromatic amines is 1. The Hall–Kier alpha value is -2.90. The number of aromatic carboxylic acids is 1. The Morgan fingerprint density at radius 1 is 1.32 bits per heavy atom. The molecule has 8 heteroatoms. The first kappa shape index (κ1) is 12.6. The number of carboxylic acid groups (broad SMARTS) is 1. The predicted molar refractivity (Wildman–Crippen MR) is 61.6 cm³/mol. The van der Waals surface area contributed by atoms with Crippen LogP contribution in [-0.4, -0.2) is 32.3 Å². The normalized spacial score (nSPS) is 10.2. The number of aromatic hydroxyl groups is 1. The lowest BCUT2D eigenvalue weighted by Crippen LogP contribution is -2.13. The van der Waals surface area contributed by atoms with Crippen molar-refractivity contribution < 1.29 is 24.2 Å². The molecule has 0 aliphatic rings. The van der Waals surface area contributed by atoms with E-state index in [4.69, 9.17) is 10.2 Å². The molecule has 0 atom stereocenters. The van der Waals surface area contributed by atoms with Crippen LogP contribution in [0.15, 0.2) is 24.3 Å². The van der Waals surface area contributed by atoms with E-state index in [-0.39, 0.29) is 22.8 Å². The lowest BCUT2D eigenvalue weighted by molar-refractivity contribution is 0.0690. The molecule has 0 aliphatic carbocycles. The maximum atomic E-state index is 13.4. The first-order chi connectivity index (χ1) is 8.97. The van der Waals surface area contributed by atoms with E-state index in [9.17, 15) is 14.0 Å². The van der Waals surface area contributed by atoms with Gasteiger partial charge in [0.2, 0.25) is 0 Å². The summed E-state index contributed by atoms with van der Waals surface area (Å²) in [5.74, 6) is -3.28. The summed E-state index contributed by atoms with van der Waals surface area (Å²) in [5, 5.41) is 25.6. The molecule has 1 heterocycles. The maximum absolute atomic E-state index is 13.4. The minimum atomic E-state index is -1.23. The maximum Gasteiger partial charge on any atom is 0.353 e. The van der Waals surface area contributed by atoms with Crippen molar-refractivity contribution in [1.82, 2.24) is 10.2 Å². The first-order valence-corrected chi connectivity index (χ1v) is 5.06. The molecule has 2 rings (SSSR count). The molecule has 0 unspecified atom stereocenters. The van der Waals surface area contributed by atoms with Crippen LogP contribution in [0.1, 0.15) is 20.8 Å². The Kier molecular flexibility index (Phi) is 3.15. The zero-order valence-corrected chi connectivity index (χ0v) is 9.35. The van der Waals surface area contributed by atoms with Gasteiger partial charge in [0, 0.05) is 12.1 Å². The Bertz CT molecular complexity index is 653. The number of nitrogens with zero attached hydrogens (tertiary/aromatic N) is 1. The van der Waals surface area contributed by atoms with Gasteiger partial charge in [-0.15, -0.1) is 0 Å². The molecule has 0 fully saturated rings. The van der Waals surface area contributed by atoms with Crippen LogP contribution in [0.3, 0.4) is 0 Å². The van der Waals surface area contributed by atoms with Crippen molar-refractivity contribution in [2.45, 2.75) is 0 Å².